The minimum absolute atomic E-state index is 0.172. The SMILES string of the molecule is Cc1cc(Oc2cc(NC(=O)N3CCC(O)(CC(C)C)CC3)cc(Oc3ccc(F)cc3)c2)ccc1C(=O)O. The number of hydrogen-bond acceptors (Lipinski definition) is 5. The molecule has 9 heteroatoms. The number of carboxylic acids is 1. The highest BCUT2D eigenvalue weighted by Crippen LogP contribution is 2.34. The number of hydrogen-bond donors (Lipinski definition) is 3. The Hall–Kier alpha value is -4.11. The summed E-state index contributed by atoms with van der Waals surface area (Å²) in [5, 5.41) is 23.0. The van der Waals surface area contributed by atoms with Gasteiger partial charge in [0.05, 0.1) is 11.2 Å². The Bertz CT molecular complexity index is 1330. The van der Waals surface area contributed by atoms with Crippen LogP contribution in [0.5, 0.6) is 23.0 Å². The first-order valence-corrected chi connectivity index (χ1v) is 12.9. The summed E-state index contributed by atoms with van der Waals surface area (Å²) in [4.78, 5) is 26.1. The first kappa shape index (κ1) is 27.9. The summed E-state index contributed by atoms with van der Waals surface area (Å²) in [5.74, 6) is 0.438. The number of benzene rings is 3. The largest absolute Gasteiger partial charge is 0.478 e. The zero-order chi connectivity index (χ0) is 28.2. The molecule has 3 N–H and O–H groups in total. The third-order valence-electron chi connectivity index (χ3n) is 6.61. The molecular weight excluding hydrogens is 503 g/mol. The molecule has 3 aromatic rings. The van der Waals surface area contributed by atoms with Gasteiger partial charge in [0, 0.05) is 37.0 Å². The van der Waals surface area contributed by atoms with Gasteiger partial charge in [0.2, 0.25) is 0 Å². The predicted molar refractivity (Wildman–Crippen MR) is 145 cm³/mol. The van der Waals surface area contributed by atoms with E-state index in [0.717, 1.165) is 0 Å². The number of carboxylic acid groups (broad SMARTS) is 1. The maximum atomic E-state index is 13.4. The van der Waals surface area contributed by atoms with Gasteiger partial charge in [-0.3, -0.25) is 0 Å². The zero-order valence-corrected chi connectivity index (χ0v) is 22.2. The molecule has 0 bridgehead atoms. The molecule has 2 amide bonds. The minimum atomic E-state index is -1.03. The Balaban J connectivity index is 1.54. The van der Waals surface area contributed by atoms with Gasteiger partial charge in [0.15, 0.2) is 0 Å². The second kappa shape index (κ2) is 11.7. The minimum Gasteiger partial charge on any atom is -0.478 e. The summed E-state index contributed by atoms with van der Waals surface area (Å²) >= 11 is 0. The fourth-order valence-electron chi connectivity index (χ4n) is 4.77. The molecule has 4 rings (SSSR count). The molecule has 0 saturated carbocycles. The van der Waals surface area contributed by atoms with E-state index in [-0.39, 0.29) is 11.6 Å². The van der Waals surface area contributed by atoms with E-state index < -0.39 is 17.4 Å². The number of piperidine rings is 1. The lowest BCUT2D eigenvalue weighted by molar-refractivity contribution is -0.0268. The number of carbonyl (C=O) groups excluding carboxylic acids is 1. The van der Waals surface area contributed by atoms with E-state index in [2.05, 4.69) is 19.2 Å². The van der Waals surface area contributed by atoms with Gasteiger partial charge in [-0.05, 0) is 80.1 Å². The first-order chi connectivity index (χ1) is 18.5. The lowest BCUT2D eigenvalue weighted by Gasteiger charge is -2.39. The number of amides is 2. The van der Waals surface area contributed by atoms with Gasteiger partial charge in [0.25, 0.3) is 0 Å². The second-order valence-electron chi connectivity index (χ2n) is 10.4. The average Bonchev–Trinajstić information content (AvgIpc) is 2.85. The van der Waals surface area contributed by atoms with Gasteiger partial charge >= 0.3 is 12.0 Å². The molecule has 206 valence electrons. The number of carbonyl (C=O) groups is 2. The molecular formula is C30H33FN2O6. The van der Waals surface area contributed by atoms with Gasteiger partial charge in [-0.2, -0.15) is 0 Å². The number of likely N-dealkylation sites (tertiary alicyclic amines) is 1. The van der Waals surface area contributed by atoms with Gasteiger partial charge in [-0.15, -0.1) is 0 Å². The van der Waals surface area contributed by atoms with Crippen LogP contribution in [0, 0.1) is 18.7 Å². The highest BCUT2D eigenvalue weighted by molar-refractivity contribution is 5.90. The Morgan fingerprint density at radius 1 is 0.949 bits per heavy atom. The van der Waals surface area contributed by atoms with Crippen LogP contribution in [0.4, 0.5) is 14.9 Å². The molecule has 0 spiro atoms. The van der Waals surface area contributed by atoms with Crippen LogP contribution in [0.1, 0.15) is 49.0 Å². The van der Waals surface area contributed by atoms with Crippen molar-refractivity contribution in [1.82, 2.24) is 4.90 Å². The maximum Gasteiger partial charge on any atom is 0.335 e. The molecule has 1 fully saturated rings. The third kappa shape index (κ3) is 7.48. The number of nitrogens with one attached hydrogen (secondary N) is 1. The number of aliphatic hydroxyl groups is 1. The first-order valence-electron chi connectivity index (χ1n) is 12.9. The highest BCUT2D eigenvalue weighted by Gasteiger charge is 2.34. The smallest absolute Gasteiger partial charge is 0.335 e. The number of anilines is 1. The standard InChI is InChI=1S/C30H33FN2O6/c1-19(2)18-30(37)10-12-33(13-11-30)29(36)32-22-15-25(38-23-6-4-21(31)5-7-23)17-26(16-22)39-24-8-9-27(28(34)35)20(3)14-24/h4-9,14-17,19,37H,10-13,18H2,1-3H3,(H,32,36)(H,34,35). The topological polar surface area (TPSA) is 108 Å². The van der Waals surface area contributed by atoms with Gasteiger partial charge < -0.3 is 29.9 Å². The molecule has 1 aliphatic heterocycles. The summed E-state index contributed by atoms with van der Waals surface area (Å²) in [6.07, 6.45) is 1.71. The third-order valence-corrected chi connectivity index (χ3v) is 6.61. The zero-order valence-electron chi connectivity index (χ0n) is 22.2. The number of rotatable bonds is 8. The van der Waals surface area contributed by atoms with E-state index >= 15 is 0 Å². The monoisotopic (exact) mass is 536 g/mol. The molecule has 1 heterocycles. The number of urea groups is 1. The fourth-order valence-corrected chi connectivity index (χ4v) is 4.77. The van der Waals surface area contributed by atoms with Crippen LogP contribution in [-0.2, 0) is 0 Å². The van der Waals surface area contributed by atoms with Crippen LogP contribution >= 0.6 is 0 Å². The normalized spacial score (nSPS) is 14.7. The van der Waals surface area contributed by atoms with Crippen molar-refractivity contribution < 1.29 is 33.7 Å². The molecule has 1 aliphatic rings. The maximum absolute atomic E-state index is 13.4. The lowest BCUT2D eigenvalue weighted by Crippen LogP contribution is -2.48. The van der Waals surface area contributed by atoms with E-state index in [1.54, 1.807) is 42.2 Å². The molecule has 3 aromatic carbocycles. The van der Waals surface area contributed by atoms with Gasteiger partial charge in [-0.25, -0.2) is 14.0 Å². The molecule has 0 radical (unpaired) electrons. The van der Waals surface area contributed by atoms with Crippen LogP contribution in [0.25, 0.3) is 0 Å². The van der Waals surface area contributed by atoms with Crippen LogP contribution < -0.4 is 14.8 Å². The Morgan fingerprint density at radius 3 is 2.10 bits per heavy atom. The Labute approximate surface area is 227 Å². The predicted octanol–water partition coefficient (Wildman–Crippen LogP) is 6.82. The molecule has 0 aliphatic carbocycles. The van der Waals surface area contributed by atoms with Gasteiger partial charge in [-0.1, -0.05) is 13.8 Å². The Kier molecular flexibility index (Phi) is 8.40. The van der Waals surface area contributed by atoms with Crippen LogP contribution in [0.3, 0.4) is 0 Å². The van der Waals surface area contributed by atoms with E-state index in [1.807, 2.05) is 0 Å². The molecule has 39 heavy (non-hydrogen) atoms. The van der Waals surface area contributed by atoms with Crippen molar-refractivity contribution in [1.29, 1.82) is 0 Å². The molecule has 1 saturated heterocycles. The molecule has 0 unspecified atom stereocenters. The van der Waals surface area contributed by atoms with Crippen molar-refractivity contribution in [3.8, 4) is 23.0 Å². The van der Waals surface area contributed by atoms with E-state index in [0.29, 0.717) is 72.5 Å². The fraction of sp³-hybridized carbons (Fsp3) is 0.333. The van der Waals surface area contributed by atoms with E-state index in [1.165, 1.54) is 30.3 Å². The summed E-state index contributed by atoms with van der Waals surface area (Å²) in [5.41, 5.74) is 0.361. The quantitative estimate of drug-likeness (QED) is 0.291. The number of aromatic carboxylic acids is 1. The summed E-state index contributed by atoms with van der Waals surface area (Å²) < 4.78 is 25.2. The molecule has 0 aromatic heterocycles. The highest BCUT2D eigenvalue weighted by atomic mass is 19.1. The van der Waals surface area contributed by atoms with E-state index in [4.69, 9.17) is 9.47 Å². The van der Waals surface area contributed by atoms with Crippen LogP contribution in [0.15, 0.2) is 60.7 Å². The van der Waals surface area contributed by atoms with Crippen LogP contribution in [0.2, 0.25) is 0 Å². The summed E-state index contributed by atoms with van der Waals surface area (Å²) in [6.45, 7) is 6.68. The Morgan fingerprint density at radius 2 is 1.54 bits per heavy atom. The van der Waals surface area contributed by atoms with Crippen molar-refractivity contribution in [2.75, 3.05) is 18.4 Å². The average molecular weight is 537 g/mol. The van der Waals surface area contributed by atoms with Crippen molar-refractivity contribution in [3.05, 3.63) is 77.6 Å². The number of halogens is 1. The summed E-state index contributed by atoms with van der Waals surface area (Å²) in [6, 6.07) is 14.7. The molecule has 0 atom stereocenters. The van der Waals surface area contributed by atoms with Crippen molar-refractivity contribution >= 4 is 17.7 Å². The summed E-state index contributed by atoms with van der Waals surface area (Å²) in [7, 11) is 0. The van der Waals surface area contributed by atoms with Crippen LogP contribution in [-0.4, -0.2) is 45.8 Å². The van der Waals surface area contributed by atoms with Crippen molar-refractivity contribution in [2.45, 2.75) is 45.6 Å². The second-order valence-corrected chi connectivity index (χ2v) is 10.4. The van der Waals surface area contributed by atoms with Crippen molar-refractivity contribution in [3.63, 3.8) is 0 Å². The number of ether oxygens (including phenoxy) is 2. The molecule has 8 nitrogen and oxygen atoms in total. The number of aryl methyl sites for hydroxylation is 1. The lowest BCUT2D eigenvalue weighted by atomic mass is 9.84. The van der Waals surface area contributed by atoms with Gasteiger partial charge in [0.1, 0.15) is 28.8 Å². The van der Waals surface area contributed by atoms with E-state index in [9.17, 15) is 24.2 Å². The van der Waals surface area contributed by atoms with Crippen molar-refractivity contribution in [2.24, 2.45) is 5.92 Å². The number of nitrogens with zero attached hydrogens (tertiary/aromatic N) is 1.